The quantitative estimate of drug-likeness (QED) is 0.422. The molecule has 0 amide bonds. The van der Waals surface area contributed by atoms with Gasteiger partial charge in [-0.25, -0.2) is 0 Å². The molecule has 1 aliphatic heterocycles. The lowest BCUT2D eigenvalue weighted by atomic mass is 9.94. The van der Waals surface area contributed by atoms with Gasteiger partial charge in [0.25, 0.3) is 0 Å². The smallest absolute Gasteiger partial charge is 0.191 e. The fourth-order valence-electron chi connectivity index (χ4n) is 3.53. The summed E-state index contributed by atoms with van der Waals surface area (Å²) in [6, 6.07) is 0. The van der Waals surface area contributed by atoms with Crippen LogP contribution in [0.5, 0.6) is 0 Å². The predicted molar refractivity (Wildman–Crippen MR) is 96.0 cm³/mol. The summed E-state index contributed by atoms with van der Waals surface area (Å²) in [6.07, 6.45) is 5.37. The van der Waals surface area contributed by atoms with E-state index in [1.165, 1.54) is 50.3 Å². The molecule has 0 atom stereocenters. The van der Waals surface area contributed by atoms with Gasteiger partial charge in [-0.05, 0) is 19.8 Å². The molecule has 5 nitrogen and oxygen atoms in total. The zero-order chi connectivity index (χ0) is 15.7. The van der Waals surface area contributed by atoms with Gasteiger partial charge in [-0.15, -0.1) is 0 Å². The minimum atomic E-state index is 0.346. The van der Waals surface area contributed by atoms with E-state index in [1.807, 2.05) is 14.0 Å². The fourth-order valence-corrected chi connectivity index (χ4v) is 4.43. The van der Waals surface area contributed by atoms with Gasteiger partial charge in [0.2, 0.25) is 0 Å². The van der Waals surface area contributed by atoms with Crippen LogP contribution in [-0.4, -0.2) is 74.3 Å². The number of ether oxygens (including phenoxy) is 1. The molecule has 22 heavy (non-hydrogen) atoms. The van der Waals surface area contributed by atoms with Gasteiger partial charge in [0.05, 0.1) is 6.61 Å². The van der Waals surface area contributed by atoms with Crippen molar-refractivity contribution >= 4 is 17.7 Å². The Morgan fingerprint density at radius 1 is 1.23 bits per heavy atom. The maximum atomic E-state index is 5.37. The zero-order valence-corrected chi connectivity index (χ0v) is 15.0. The van der Waals surface area contributed by atoms with Gasteiger partial charge >= 0.3 is 0 Å². The molecule has 0 unspecified atom stereocenters. The Morgan fingerprint density at radius 2 is 1.95 bits per heavy atom. The summed E-state index contributed by atoms with van der Waals surface area (Å²) in [6.45, 7) is 7.81. The fraction of sp³-hybridized carbons (Fsp3) is 0.938. The number of aliphatic imine (C=N–C) groups is 1. The second-order valence-electron chi connectivity index (χ2n) is 6.08. The first-order chi connectivity index (χ1) is 10.8. The first kappa shape index (κ1) is 17.9. The molecule has 1 saturated heterocycles. The van der Waals surface area contributed by atoms with Crippen LogP contribution in [0.2, 0.25) is 0 Å². The van der Waals surface area contributed by atoms with Crippen LogP contribution in [-0.2, 0) is 4.74 Å². The van der Waals surface area contributed by atoms with Crippen molar-refractivity contribution in [3.8, 4) is 0 Å². The van der Waals surface area contributed by atoms with E-state index in [-0.39, 0.29) is 0 Å². The summed E-state index contributed by atoms with van der Waals surface area (Å²) >= 11 is 2.09. The largest absolute Gasteiger partial charge is 0.380 e. The van der Waals surface area contributed by atoms with Crippen molar-refractivity contribution in [1.82, 2.24) is 15.5 Å². The van der Waals surface area contributed by atoms with Crippen LogP contribution in [0.25, 0.3) is 0 Å². The Kier molecular flexibility index (Phi) is 7.83. The molecule has 0 aromatic carbocycles. The highest BCUT2D eigenvalue weighted by Gasteiger charge is 2.39. The lowest BCUT2D eigenvalue weighted by Gasteiger charge is -2.43. The summed E-state index contributed by atoms with van der Waals surface area (Å²) < 4.78 is 5.37. The van der Waals surface area contributed by atoms with Crippen LogP contribution in [0, 0.1) is 0 Å². The summed E-state index contributed by atoms with van der Waals surface area (Å²) in [7, 11) is 1.84. The van der Waals surface area contributed by atoms with Gasteiger partial charge in [0.1, 0.15) is 0 Å². The third kappa shape index (κ3) is 5.03. The molecule has 0 aromatic rings. The van der Waals surface area contributed by atoms with Gasteiger partial charge in [-0.1, -0.05) is 12.8 Å². The highest BCUT2D eigenvalue weighted by atomic mass is 32.2. The van der Waals surface area contributed by atoms with E-state index < -0.39 is 0 Å². The SMILES string of the molecule is CCOCCNC(=NC)NCC1(N2CCSCC2)CCCC1. The Bertz CT molecular complexity index is 339. The van der Waals surface area contributed by atoms with Crippen LogP contribution < -0.4 is 10.6 Å². The first-order valence-corrected chi connectivity index (χ1v) is 9.81. The third-order valence-electron chi connectivity index (χ3n) is 4.77. The zero-order valence-electron chi connectivity index (χ0n) is 14.2. The number of nitrogens with one attached hydrogen (secondary N) is 2. The molecule has 2 N–H and O–H groups in total. The second-order valence-corrected chi connectivity index (χ2v) is 7.31. The number of thioether (sulfide) groups is 1. The van der Waals surface area contributed by atoms with Gasteiger partial charge in [-0.2, -0.15) is 11.8 Å². The van der Waals surface area contributed by atoms with Crippen LogP contribution in [0.1, 0.15) is 32.6 Å². The van der Waals surface area contributed by atoms with E-state index in [2.05, 4.69) is 32.3 Å². The highest BCUT2D eigenvalue weighted by molar-refractivity contribution is 7.99. The standard InChI is InChI=1S/C16H32N4OS/c1-3-21-11-8-18-15(17-2)19-14-16(6-4-5-7-16)20-9-12-22-13-10-20/h3-14H2,1-2H3,(H2,17,18,19). The normalized spacial score (nSPS) is 22.7. The van der Waals surface area contributed by atoms with Crippen molar-refractivity contribution in [1.29, 1.82) is 0 Å². The summed E-state index contributed by atoms with van der Waals surface area (Å²) in [5.41, 5.74) is 0.346. The number of rotatable bonds is 7. The van der Waals surface area contributed by atoms with Crippen LogP contribution in [0.3, 0.4) is 0 Å². The number of hydrogen-bond acceptors (Lipinski definition) is 4. The molecule has 1 aliphatic carbocycles. The van der Waals surface area contributed by atoms with E-state index in [0.29, 0.717) is 5.54 Å². The van der Waals surface area contributed by atoms with Crippen molar-refractivity contribution in [3.63, 3.8) is 0 Å². The lowest BCUT2D eigenvalue weighted by molar-refractivity contribution is 0.107. The number of guanidine groups is 1. The van der Waals surface area contributed by atoms with Crippen LogP contribution in [0.15, 0.2) is 4.99 Å². The monoisotopic (exact) mass is 328 g/mol. The molecule has 128 valence electrons. The third-order valence-corrected chi connectivity index (χ3v) is 5.71. The van der Waals surface area contributed by atoms with E-state index in [1.54, 1.807) is 0 Å². The minimum absolute atomic E-state index is 0.346. The summed E-state index contributed by atoms with van der Waals surface area (Å²) in [4.78, 5) is 7.07. The molecule has 2 aliphatic rings. The predicted octanol–water partition coefficient (Wildman–Crippen LogP) is 1.55. The van der Waals surface area contributed by atoms with Gasteiger partial charge < -0.3 is 15.4 Å². The van der Waals surface area contributed by atoms with Gasteiger partial charge in [0.15, 0.2) is 5.96 Å². The molecule has 0 radical (unpaired) electrons. The molecule has 1 heterocycles. The van der Waals surface area contributed by atoms with Gasteiger partial charge in [-0.3, -0.25) is 9.89 Å². The van der Waals surface area contributed by atoms with E-state index in [9.17, 15) is 0 Å². The van der Waals surface area contributed by atoms with Crippen molar-refractivity contribution in [2.45, 2.75) is 38.1 Å². The van der Waals surface area contributed by atoms with Gasteiger partial charge in [0, 0.05) is 56.9 Å². The molecule has 6 heteroatoms. The molecule has 2 rings (SSSR count). The average molecular weight is 329 g/mol. The van der Waals surface area contributed by atoms with E-state index >= 15 is 0 Å². The van der Waals surface area contributed by atoms with Crippen LogP contribution in [0.4, 0.5) is 0 Å². The lowest BCUT2D eigenvalue weighted by Crippen LogP contribution is -2.57. The molecule has 2 fully saturated rings. The molecular weight excluding hydrogens is 296 g/mol. The maximum Gasteiger partial charge on any atom is 0.191 e. The summed E-state index contributed by atoms with van der Waals surface area (Å²) in [5.74, 6) is 3.46. The number of nitrogens with zero attached hydrogens (tertiary/aromatic N) is 2. The van der Waals surface area contributed by atoms with E-state index in [0.717, 1.165) is 32.3 Å². The van der Waals surface area contributed by atoms with Crippen molar-refractivity contribution in [2.24, 2.45) is 4.99 Å². The highest BCUT2D eigenvalue weighted by Crippen LogP contribution is 2.36. The Morgan fingerprint density at radius 3 is 2.59 bits per heavy atom. The van der Waals surface area contributed by atoms with E-state index in [4.69, 9.17) is 4.74 Å². The molecule has 0 aromatic heterocycles. The Hall–Kier alpha value is -0.460. The molecular formula is C16H32N4OS. The average Bonchev–Trinajstić information content (AvgIpc) is 3.05. The molecule has 0 bridgehead atoms. The first-order valence-electron chi connectivity index (χ1n) is 8.66. The Labute approximate surface area is 139 Å². The van der Waals surface area contributed by atoms with Crippen LogP contribution >= 0.6 is 11.8 Å². The van der Waals surface area contributed by atoms with Crippen molar-refractivity contribution in [3.05, 3.63) is 0 Å². The molecule has 0 spiro atoms. The van der Waals surface area contributed by atoms with Crippen molar-refractivity contribution < 1.29 is 4.74 Å². The molecule has 1 saturated carbocycles. The topological polar surface area (TPSA) is 48.9 Å². The second kappa shape index (κ2) is 9.63. The number of hydrogen-bond donors (Lipinski definition) is 2. The minimum Gasteiger partial charge on any atom is -0.380 e. The van der Waals surface area contributed by atoms with Crippen molar-refractivity contribution in [2.75, 3.05) is 57.9 Å². The summed E-state index contributed by atoms with van der Waals surface area (Å²) in [5, 5.41) is 6.90. The maximum absolute atomic E-state index is 5.37. The Balaban J connectivity index is 1.82.